The molecule has 0 saturated carbocycles. The zero-order chi connectivity index (χ0) is 46.7. The Kier molecular flexibility index (Phi) is 9.30. The van der Waals surface area contributed by atoms with Crippen molar-refractivity contribution >= 4 is 115 Å². The second-order valence-corrected chi connectivity index (χ2v) is 21.5. The summed E-state index contributed by atoms with van der Waals surface area (Å²) in [4.78, 5) is 14.8. The molecule has 15 rings (SSSR count). The molecule has 11 aromatic rings. The first-order valence-electron chi connectivity index (χ1n) is 24.8. The van der Waals surface area contributed by atoms with Crippen molar-refractivity contribution in [3.8, 4) is 16.8 Å². The van der Waals surface area contributed by atoms with E-state index in [9.17, 15) is 0 Å². The van der Waals surface area contributed by atoms with Gasteiger partial charge in [-0.25, -0.2) is 9.98 Å². The van der Waals surface area contributed by atoms with Crippen LogP contribution in [0.15, 0.2) is 190 Å². The average molecular weight is 951 g/mol. The van der Waals surface area contributed by atoms with Gasteiger partial charge in [0.15, 0.2) is 12.0 Å². The van der Waals surface area contributed by atoms with Crippen molar-refractivity contribution in [1.29, 1.82) is 0 Å². The highest BCUT2D eigenvalue weighted by atomic mass is 32.1. The van der Waals surface area contributed by atoms with Gasteiger partial charge in [-0.2, -0.15) is 0 Å². The SMILES string of the molecule is CN1C(C2C=CC=CC2)=NC(c2cccc3oc4c(c23)C=C(c2ccc3sc5cccc(-c6ccc7c(c6)c6ccccc6n7-c6ccccc6)c5c3c2)CC4)=NC1c1cccc2c3c(sc12)C=CCC3. The van der Waals surface area contributed by atoms with E-state index in [-0.39, 0.29) is 12.1 Å². The summed E-state index contributed by atoms with van der Waals surface area (Å²) < 4.78 is 13.1. The predicted octanol–water partition coefficient (Wildman–Crippen LogP) is 17.1. The zero-order valence-corrected chi connectivity index (χ0v) is 40.7. The standard InChI is InChI=1S/C64H46N4OS2/c1-67-63(38-15-4-2-5-16-38)65-62(66-64(67)48-24-12-22-46-45-20-9-11-27-56(45)71-61(46)48)47-23-13-26-55-59(47)50-35-39(30-33-54(50)69-55)40-31-34-57-51(36-40)60-43(21-14-28-58(60)70-57)41-29-32-53-49(37-41)44-19-8-10-25-52(44)68(53)42-17-6-3-7-18-42/h2-8,10-15,17-19,21-29,31-32,34-38,64H,9,16,20,30,33H2,1H3. The molecule has 0 fully saturated rings. The van der Waals surface area contributed by atoms with E-state index in [1.54, 1.807) is 0 Å². The number of nitrogens with zero attached hydrogens (tertiary/aromatic N) is 4. The molecule has 4 aliphatic rings. The maximum atomic E-state index is 6.77. The summed E-state index contributed by atoms with van der Waals surface area (Å²) in [5.41, 5.74) is 14.4. The molecule has 0 bridgehead atoms. The molecule has 1 aliphatic heterocycles. The van der Waals surface area contributed by atoms with Gasteiger partial charge in [0.05, 0.1) is 11.0 Å². The maximum absolute atomic E-state index is 6.77. The second kappa shape index (κ2) is 16.1. The third-order valence-electron chi connectivity index (χ3n) is 15.4. The van der Waals surface area contributed by atoms with Crippen LogP contribution < -0.4 is 0 Å². The first-order valence-corrected chi connectivity index (χ1v) is 26.5. The number of fused-ring (bicyclic) bond motifs is 12. The first-order chi connectivity index (χ1) is 35.1. The van der Waals surface area contributed by atoms with Gasteiger partial charge in [-0.15, -0.1) is 22.7 Å². The molecule has 0 spiro atoms. The fourth-order valence-corrected chi connectivity index (χ4v) is 14.4. The number of aryl methyl sites for hydroxylation is 2. The highest BCUT2D eigenvalue weighted by molar-refractivity contribution is 7.26. The molecule has 0 amide bonds. The smallest absolute Gasteiger partial charge is 0.159 e. The molecule has 0 N–H and O–H groups in total. The maximum Gasteiger partial charge on any atom is 0.159 e. The van der Waals surface area contributed by atoms with Gasteiger partial charge in [0.25, 0.3) is 0 Å². The van der Waals surface area contributed by atoms with Gasteiger partial charge in [-0.05, 0) is 126 Å². The van der Waals surface area contributed by atoms with Gasteiger partial charge >= 0.3 is 0 Å². The minimum Gasteiger partial charge on any atom is -0.460 e. The molecule has 5 nitrogen and oxygen atoms in total. The normalized spacial score (nSPS) is 17.7. The number of hydrogen-bond acceptors (Lipinski definition) is 6. The lowest BCUT2D eigenvalue weighted by Gasteiger charge is -2.35. The Morgan fingerprint density at radius 2 is 1.48 bits per heavy atom. The average Bonchev–Trinajstić information content (AvgIpc) is 4.20. The number of aromatic nitrogens is 1. The lowest BCUT2D eigenvalue weighted by Crippen LogP contribution is -2.39. The van der Waals surface area contributed by atoms with Gasteiger partial charge in [0.2, 0.25) is 0 Å². The van der Waals surface area contributed by atoms with Gasteiger partial charge < -0.3 is 13.9 Å². The molecule has 5 heterocycles. The van der Waals surface area contributed by atoms with Gasteiger partial charge in [0, 0.05) is 87.7 Å². The van der Waals surface area contributed by atoms with E-state index < -0.39 is 0 Å². The van der Waals surface area contributed by atoms with E-state index in [2.05, 4.69) is 205 Å². The molecule has 0 radical (unpaired) electrons. The van der Waals surface area contributed by atoms with Crippen molar-refractivity contribution in [2.24, 2.45) is 15.9 Å². The van der Waals surface area contributed by atoms with Crippen molar-refractivity contribution in [3.05, 3.63) is 214 Å². The monoisotopic (exact) mass is 950 g/mol. The fourth-order valence-electron chi connectivity index (χ4n) is 12.0. The van der Waals surface area contributed by atoms with Gasteiger partial charge in [-0.3, -0.25) is 0 Å². The predicted molar refractivity (Wildman–Crippen MR) is 302 cm³/mol. The zero-order valence-electron chi connectivity index (χ0n) is 39.1. The van der Waals surface area contributed by atoms with Crippen LogP contribution in [0.25, 0.3) is 97.6 Å². The highest BCUT2D eigenvalue weighted by Crippen LogP contribution is 2.46. The quantitative estimate of drug-likeness (QED) is 0.167. The van der Waals surface area contributed by atoms with Crippen LogP contribution in [0.2, 0.25) is 0 Å². The van der Waals surface area contributed by atoms with Crippen LogP contribution in [0.3, 0.4) is 0 Å². The number of para-hydroxylation sites is 2. The summed E-state index contributed by atoms with van der Waals surface area (Å²) in [5, 5.41) is 7.59. The summed E-state index contributed by atoms with van der Waals surface area (Å²) in [6, 6.07) is 53.7. The van der Waals surface area contributed by atoms with E-state index in [0.717, 1.165) is 71.6 Å². The first kappa shape index (κ1) is 41.0. The summed E-state index contributed by atoms with van der Waals surface area (Å²) >= 11 is 3.79. The molecule has 3 aliphatic carbocycles. The van der Waals surface area contributed by atoms with Crippen LogP contribution in [0.5, 0.6) is 0 Å². The minimum atomic E-state index is -0.234. The lowest BCUT2D eigenvalue weighted by molar-refractivity contribution is 0.368. The number of furan rings is 1. The van der Waals surface area contributed by atoms with E-state index in [1.807, 2.05) is 22.7 Å². The Labute approximate surface area is 419 Å². The second-order valence-electron chi connectivity index (χ2n) is 19.4. The molecule has 7 heteroatoms. The molecule has 2 unspecified atom stereocenters. The minimum absolute atomic E-state index is 0.147. The van der Waals surface area contributed by atoms with E-state index in [4.69, 9.17) is 14.4 Å². The van der Waals surface area contributed by atoms with E-state index in [1.165, 1.54) is 96.0 Å². The largest absolute Gasteiger partial charge is 0.460 e. The Morgan fingerprint density at radius 3 is 2.41 bits per heavy atom. The number of benzene rings is 7. The van der Waals surface area contributed by atoms with Crippen molar-refractivity contribution in [1.82, 2.24) is 9.47 Å². The Hall–Kier alpha value is -7.84. The summed E-state index contributed by atoms with van der Waals surface area (Å²) in [5.74, 6) is 2.98. The number of allylic oxidation sites excluding steroid dienone is 5. The molecular formula is C64H46N4OS2. The number of amidine groups is 2. The summed E-state index contributed by atoms with van der Waals surface area (Å²) in [6.45, 7) is 0. The summed E-state index contributed by atoms with van der Waals surface area (Å²) in [7, 11) is 2.18. The number of thiophene rings is 2. The third kappa shape index (κ3) is 6.42. The van der Waals surface area contributed by atoms with Crippen LogP contribution in [0.1, 0.15) is 63.9 Å². The fraction of sp³-hybridized carbons (Fsp3) is 0.125. The van der Waals surface area contributed by atoms with Crippen LogP contribution in [-0.2, 0) is 12.8 Å². The van der Waals surface area contributed by atoms with E-state index >= 15 is 0 Å². The van der Waals surface area contributed by atoms with Crippen molar-refractivity contribution in [2.45, 2.75) is 38.3 Å². The Bertz CT molecular complexity index is 4240. The highest BCUT2D eigenvalue weighted by Gasteiger charge is 2.33. The molecule has 340 valence electrons. The van der Waals surface area contributed by atoms with Crippen molar-refractivity contribution < 1.29 is 4.42 Å². The van der Waals surface area contributed by atoms with Gasteiger partial charge in [-0.1, -0.05) is 121 Å². The Balaban J connectivity index is 0.854. The molecule has 2 atom stereocenters. The number of rotatable bonds is 6. The molecule has 71 heavy (non-hydrogen) atoms. The van der Waals surface area contributed by atoms with Crippen molar-refractivity contribution in [2.75, 3.05) is 7.05 Å². The van der Waals surface area contributed by atoms with E-state index in [0.29, 0.717) is 0 Å². The topological polar surface area (TPSA) is 46.0 Å². The Morgan fingerprint density at radius 1 is 0.648 bits per heavy atom. The lowest BCUT2D eigenvalue weighted by atomic mass is 9.89. The van der Waals surface area contributed by atoms with Crippen LogP contribution >= 0.6 is 22.7 Å². The molecule has 4 aromatic heterocycles. The molecule has 7 aromatic carbocycles. The molecule has 0 saturated heterocycles. The van der Waals surface area contributed by atoms with Crippen molar-refractivity contribution in [3.63, 3.8) is 0 Å². The molecular weight excluding hydrogens is 905 g/mol. The van der Waals surface area contributed by atoms with Gasteiger partial charge in [0.1, 0.15) is 17.2 Å². The summed E-state index contributed by atoms with van der Waals surface area (Å²) in [6.07, 6.45) is 20.4. The van der Waals surface area contributed by atoms with Crippen LogP contribution in [0, 0.1) is 5.92 Å². The number of aliphatic imine (C=N–C) groups is 2. The number of hydrogen-bond donors (Lipinski definition) is 0. The third-order valence-corrected chi connectivity index (χ3v) is 17.8. The van der Waals surface area contributed by atoms with Crippen LogP contribution in [0.4, 0.5) is 0 Å². The van der Waals surface area contributed by atoms with Crippen LogP contribution in [-0.4, -0.2) is 28.2 Å².